The molecule has 0 spiro atoms. The summed E-state index contributed by atoms with van der Waals surface area (Å²) in [5.74, 6) is -0.0763. The molecule has 0 aromatic heterocycles. The van der Waals surface area contributed by atoms with E-state index in [2.05, 4.69) is 24.4 Å². The molecule has 0 saturated heterocycles. The van der Waals surface area contributed by atoms with Crippen molar-refractivity contribution >= 4 is 15.9 Å². The first kappa shape index (κ1) is 21.1. The number of nitrogens with zero attached hydrogens (tertiary/aromatic N) is 1. The standard InChI is InChI=1S/C21H28N2O3S/c1-4-18-12-14-19(15-13-18)17(2)22-21(24)11-8-16-23(3)27(25,26)20-9-6-5-7-10-20/h5-7,9-10,12-15,17H,4,8,11,16H2,1-3H3,(H,22,24)/t17-/m1/s1. The molecule has 1 atom stereocenters. The third-order valence-electron chi connectivity index (χ3n) is 4.59. The van der Waals surface area contributed by atoms with Gasteiger partial charge in [0, 0.05) is 20.0 Å². The Balaban J connectivity index is 1.81. The minimum Gasteiger partial charge on any atom is -0.350 e. The molecule has 0 aliphatic carbocycles. The highest BCUT2D eigenvalue weighted by molar-refractivity contribution is 7.89. The van der Waals surface area contributed by atoms with E-state index in [1.165, 1.54) is 16.9 Å². The van der Waals surface area contributed by atoms with E-state index in [1.807, 2.05) is 19.1 Å². The van der Waals surface area contributed by atoms with Crippen molar-refractivity contribution in [1.29, 1.82) is 0 Å². The Morgan fingerprint density at radius 1 is 1.07 bits per heavy atom. The van der Waals surface area contributed by atoms with Crippen LogP contribution in [0.1, 0.15) is 43.9 Å². The molecule has 0 saturated carbocycles. The van der Waals surface area contributed by atoms with E-state index in [-0.39, 0.29) is 23.3 Å². The number of sulfonamides is 1. The fraction of sp³-hybridized carbons (Fsp3) is 0.381. The summed E-state index contributed by atoms with van der Waals surface area (Å²) in [5.41, 5.74) is 2.32. The van der Waals surface area contributed by atoms with Gasteiger partial charge < -0.3 is 5.32 Å². The van der Waals surface area contributed by atoms with E-state index in [9.17, 15) is 13.2 Å². The number of benzene rings is 2. The number of nitrogens with one attached hydrogen (secondary N) is 1. The predicted molar refractivity (Wildman–Crippen MR) is 108 cm³/mol. The van der Waals surface area contributed by atoms with Crippen LogP contribution in [-0.2, 0) is 21.2 Å². The second-order valence-corrected chi connectivity index (χ2v) is 8.67. The van der Waals surface area contributed by atoms with E-state index in [4.69, 9.17) is 0 Å². The largest absolute Gasteiger partial charge is 0.350 e. The van der Waals surface area contributed by atoms with Crippen LogP contribution in [0.15, 0.2) is 59.5 Å². The lowest BCUT2D eigenvalue weighted by atomic mass is 10.0. The third-order valence-corrected chi connectivity index (χ3v) is 6.46. The van der Waals surface area contributed by atoms with Crippen molar-refractivity contribution in [2.75, 3.05) is 13.6 Å². The molecule has 0 radical (unpaired) electrons. The topological polar surface area (TPSA) is 66.5 Å². The van der Waals surface area contributed by atoms with Gasteiger partial charge in [0.2, 0.25) is 15.9 Å². The third kappa shape index (κ3) is 5.91. The summed E-state index contributed by atoms with van der Waals surface area (Å²) in [7, 11) is -1.97. The zero-order valence-electron chi connectivity index (χ0n) is 16.2. The fourth-order valence-electron chi connectivity index (χ4n) is 2.79. The zero-order chi connectivity index (χ0) is 19.9. The predicted octanol–water partition coefficient (Wildman–Crippen LogP) is 3.53. The van der Waals surface area contributed by atoms with E-state index in [0.717, 1.165) is 12.0 Å². The molecular formula is C21H28N2O3S. The van der Waals surface area contributed by atoms with E-state index in [1.54, 1.807) is 30.3 Å². The van der Waals surface area contributed by atoms with Crippen LogP contribution in [0.25, 0.3) is 0 Å². The average Bonchev–Trinajstić information content (AvgIpc) is 2.68. The summed E-state index contributed by atoms with van der Waals surface area (Å²) in [5, 5.41) is 2.97. The molecule has 0 heterocycles. The highest BCUT2D eigenvalue weighted by Gasteiger charge is 2.20. The van der Waals surface area contributed by atoms with Crippen LogP contribution in [-0.4, -0.2) is 32.2 Å². The summed E-state index contributed by atoms with van der Waals surface area (Å²) >= 11 is 0. The number of carbonyl (C=O) groups excluding carboxylic acids is 1. The van der Waals surface area contributed by atoms with Crippen LogP contribution in [0.3, 0.4) is 0 Å². The SMILES string of the molecule is CCc1ccc([C@@H](C)NC(=O)CCCN(C)S(=O)(=O)c2ccccc2)cc1. The van der Waals surface area contributed by atoms with Crippen molar-refractivity contribution in [2.24, 2.45) is 0 Å². The molecule has 0 fully saturated rings. The van der Waals surface area contributed by atoms with Crippen LogP contribution in [0.5, 0.6) is 0 Å². The van der Waals surface area contributed by atoms with E-state index < -0.39 is 10.0 Å². The lowest BCUT2D eigenvalue weighted by molar-refractivity contribution is -0.121. The van der Waals surface area contributed by atoms with E-state index in [0.29, 0.717) is 13.0 Å². The molecule has 2 aromatic carbocycles. The molecule has 6 heteroatoms. The molecule has 2 rings (SSSR count). The number of rotatable bonds is 9. The van der Waals surface area contributed by atoms with Crippen LogP contribution < -0.4 is 5.32 Å². The maximum Gasteiger partial charge on any atom is 0.242 e. The van der Waals surface area contributed by atoms with Crippen LogP contribution in [0.2, 0.25) is 0 Å². The zero-order valence-corrected chi connectivity index (χ0v) is 17.0. The van der Waals surface area contributed by atoms with Crippen LogP contribution in [0.4, 0.5) is 0 Å². The molecule has 0 aliphatic rings. The van der Waals surface area contributed by atoms with Gasteiger partial charge >= 0.3 is 0 Å². The maximum atomic E-state index is 12.4. The van der Waals surface area contributed by atoms with Gasteiger partial charge in [-0.1, -0.05) is 49.4 Å². The fourth-order valence-corrected chi connectivity index (χ4v) is 4.02. The Bertz CT molecular complexity index is 833. The van der Waals surface area contributed by atoms with Gasteiger partial charge in [0.05, 0.1) is 10.9 Å². The molecule has 2 aromatic rings. The van der Waals surface area contributed by atoms with E-state index >= 15 is 0 Å². The molecule has 146 valence electrons. The van der Waals surface area contributed by atoms with Crippen molar-refractivity contribution in [1.82, 2.24) is 9.62 Å². The number of amides is 1. The number of carbonyl (C=O) groups is 1. The van der Waals surface area contributed by atoms with Gasteiger partial charge in [0.1, 0.15) is 0 Å². The van der Waals surface area contributed by atoms with Gasteiger partial charge in [-0.2, -0.15) is 0 Å². The monoisotopic (exact) mass is 388 g/mol. The summed E-state index contributed by atoms with van der Waals surface area (Å²) in [6.07, 6.45) is 1.74. The summed E-state index contributed by atoms with van der Waals surface area (Å²) < 4.78 is 26.2. The highest BCUT2D eigenvalue weighted by Crippen LogP contribution is 2.15. The summed E-state index contributed by atoms with van der Waals surface area (Å²) in [6, 6.07) is 16.4. The molecule has 0 aliphatic heterocycles. The lowest BCUT2D eigenvalue weighted by Gasteiger charge is -2.18. The normalized spacial score (nSPS) is 12.7. The molecule has 27 heavy (non-hydrogen) atoms. The van der Waals surface area contributed by atoms with Crippen molar-refractivity contribution in [3.63, 3.8) is 0 Å². The molecule has 1 amide bonds. The molecule has 1 N–H and O–H groups in total. The Hall–Kier alpha value is -2.18. The first-order valence-corrected chi connectivity index (χ1v) is 10.7. The van der Waals surface area contributed by atoms with Gasteiger partial charge in [-0.15, -0.1) is 0 Å². The summed E-state index contributed by atoms with van der Waals surface area (Å²) in [4.78, 5) is 12.4. The Morgan fingerprint density at radius 2 is 1.70 bits per heavy atom. The van der Waals surface area contributed by atoms with Gasteiger partial charge in [-0.25, -0.2) is 12.7 Å². The van der Waals surface area contributed by atoms with Gasteiger partial charge in [0.25, 0.3) is 0 Å². The smallest absolute Gasteiger partial charge is 0.242 e. The highest BCUT2D eigenvalue weighted by atomic mass is 32.2. The van der Waals surface area contributed by atoms with Crippen LogP contribution >= 0.6 is 0 Å². The minimum atomic E-state index is -3.51. The molecule has 0 unspecified atom stereocenters. The Morgan fingerprint density at radius 3 is 2.30 bits per heavy atom. The Labute approximate surface area is 162 Å². The second-order valence-electron chi connectivity index (χ2n) is 6.63. The molecule has 5 nitrogen and oxygen atoms in total. The first-order valence-electron chi connectivity index (χ1n) is 9.24. The van der Waals surface area contributed by atoms with Crippen molar-refractivity contribution in [2.45, 2.75) is 44.0 Å². The van der Waals surface area contributed by atoms with Crippen molar-refractivity contribution < 1.29 is 13.2 Å². The quantitative estimate of drug-likeness (QED) is 0.715. The van der Waals surface area contributed by atoms with Gasteiger partial charge in [-0.3, -0.25) is 4.79 Å². The average molecular weight is 389 g/mol. The summed E-state index contributed by atoms with van der Waals surface area (Å²) in [6.45, 7) is 4.35. The first-order chi connectivity index (χ1) is 12.8. The molecule has 0 bridgehead atoms. The second kappa shape index (κ2) is 9.67. The van der Waals surface area contributed by atoms with Gasteiger partial charge in [0.15, 0.2) is 0 Å². The number of aryl methyl sites for hydroxylation is 1. The Kier molecular flexibility index (Phi) is 7.56. The van der Waals surface area contributed by atoms with Crippen LogP contribution in [0, 0.1) is 0 Å². The molecular weight excluding hydrogens is 360 g/mol. The maximum absolute atomic E-state index is 12.4. The number of hydrogen-bond acceptors (Lipinski definition) is 3. The minimum absolute atomic E-state index is 0.0748. The van der Waals surface area contributed by atoms with Crippen molar-refractivity contribution in [3.05, 3.63) is 65.7 Å². The van der Waals surface area contributed by atoms with Crippen molar-refractivity contribution in [3.8, 4) is 0 Å². The van der Waals surface area contributed by atoms with Gasteiger partial charge in [-0.05, 0) is 43.0 Å². The lowest BCUT2D eigenvalue weighted by Crippen LogP contribution is -2.30. The number of hydrogen-bond donors (Lipinski definition) is 1.